The van der Waals surface area contributed by atoms with E-state index >= 15 is 0 Å². The van der Waals surface area contributed by atoms with Gasteiger partial charge in [0, 0.05) is 5.92 Å². The minimum Gasteiger partial charge on any atom is -0.444 e. The molecule has 7 heteroatoms. The third-order valence-electron chi connectivity index (χ3n) is 4.61. The van der Waals surface area contributed by atoms with Gasteiger partial charge in [0.1, 0.15) is 23.1 Å². The lowest BCUT2D eigenvalue weighted by Gasteiger charge is -2.47. The lowest BCUT2D eigenvalue weighted by Crippen LogP contribution is -2.60. The molecular weight excluding hydrogens is 334 g/mol. The van der Waals surface area contributed by atoms with Gasteiger partial charge in [0.05, 0.1) is 25.3 Å². The summed E-state index contributed by atoms with van der Waals surface area (Å²) in [6, 6.07) is 6.45. The van der Waals surface area contributed by atoms with E-state index in [1.165, 1.54) is 0 Å². The molecule has 0 radical (unpaired) electrons. The predicted octanol–water partition coefficient (Wildman–Crippen LogP) is 2.55. The molecule has 1 aromatic heterocycles. The molecule has 0 aliphatic carbocycles. The molecule has 3 heterocycles. The molecule has 2 saturated heterocycles. The number of ether oxygens (including phenoxy) is 2. The van der Waals surface area contributed by atoms with Crippen molar-refractivity contribution in [3.05, 3.63) is 29.6 Å². The molecule has 2 fully saturated rings. The van der Waals surface area contributed by atoms with Crippen LogP contribution in [-0.2, 0) is 9.47 Å². The minimum absolute atomic E-state index is 0.0807. The van der Waals surface area contributed by atoms with Crippen LogP contribution in [0.5, 0.6) is 0 Å². The Bertz CT molecular complexity index is 736. The molecule has 3 rings (SSSR count). The quantitative estimate of drug-likeness (QED) is 0.755. The number of rotatable bonds is 2. The van der Waals surface area contributed by atoms with Crippen molar-refractivity contribution < 1.29 is 19.1 Å². The first-order valence-corrected chi connectivity index (χ1v) is 8.79. The largest absolute Gasteiger partial charge is 0.444 e. The lowest BCUT2D eigenvalue weighted by molar-refractivity contribution is -0.0861. The number of hydrogen-bond acceptors (Lipinski definition) is 6. The number of nitriles is 1. The molecule has 0 N–H and O–H groups in total. The van der Waals surface area contributed by atoms with Crippen LogP contribution in [-0.4, -0.2) is 52.7 Å². The van der Waals surface area contributed by atoms with Crippen LogP contribution in [0, 0.1) is 17.2 Å². The first-order valence-electron chi connectivity index (χ1n) is 8.79. The molecular formula is C19H23N3O4. The van der Waals surface area contributed by atoms with Gasteiger partial charge in [0.2, 0.25) is 0 Å². The highest BCUT2D eigenvalue weighted by molar-refractivity contribution is 5.96. The smallest absolute Gasteiger partial charge is 0.410 e. The fourth-order valence-electron chi connectivity index (χ4n) is 3.59. The fraction of sp³-hybridized carbons (Fsp3) is 0.579. The maximum Gasteiger partial charge on any atom is 0.410 e. The molecule has 1 aromatic rings. The molecule has 26 heavy (non-hydrogen) atoms. The topological polar surface area (TPSA) is 92.5 Å². The van der Waals surface area contributed by atoms with Crippen molar-refractivity contribution in [3.8, 4) is 6.07 Å². The van der Waals surface area contributed by atoms with E-state index in [2.05, 4.69) is 4.98 Å². The van der Waals surface area contributed by atoms with Crippen molar-refractivity contribution in [1.29, 1.82) is 5.26 Å². The van der Waals surface area contributed by atoms with Gasteiger partial charge in [0.15, 0.2) is 5.78 Å². The standard InChI is InChI=1S/C19H23N3O4/c1-19(2,3)26-18(24)22-14-7-12(8-15(22)11-25-10-14)17(23)16-6-4-5-13(9-20)21-16/h4-6,12,14-15H,7-8,10-11H2,1-3H3. The monoisotopic (exact) mass is 357 g/mol. The Morgan fingerprint density at radius 2 is 1.92 bits per heavy atom. The number of aromatic nitrogens is 1. The predicted molar refractivity (Wildman–Crippen MR) is 92.5 cm³/mol. The zero-order valence-electron chi connectivity index (χ0n) is 15.3. The van der Waals surface area contributed by atoms with Gasteiger partial charge in [0.25, 0.3) is 0 Å². The SMILES string of the molecule is CC(C)(C)OC(=O)N1C2COCC1CC(C(=O)c1cccc(C#N)n1)C2. The number of morpholine rings is 1. The maximum atomic E-state index is 12.9. The Morgan fingerprint density at radius 1 is 1.27 bits per heavy atom. The van der Waals surface area contributed by atoms with Gasteiger partial charge < -0.3 is 9.47 Å². The summed E-state index contributed by atoms with van der Waals surface area (Å²) in [4.78, 5) is 31.3. The first kappa shape index (κ1) is 18.3. The van der Waals surface area contributed by atoms with E-state index in [4.69, 9.17) is 14.7 Å². The molecule has 0 spiro atoms. The van der Waals surface area contributed by atoms with E-state index in [0.29, 0.717) is 31.7 Å². The van der Waals surface area contributed by atoms with Crippen LogP contribution >= 0.6 is 0 Å². The number of fused-ring (bicyclic) bond motifs is 2. The molecule has 0 aromatic carbocycles. The minimum atomic E-state index is -0.569. The summed E-state index contributed by atoms with van der Waals surface area (Å²) in [5, 5.41) is 8.98. The highest BCUT2D eigenvalue weighted by Gasteiger charge is 2.45. The Morgan fingerprint density at radius 3 is 2.50 bits per heavy atom. The first-order chi connectivity index (χ1) is 12.3. The third-order valence-corrected chi connectivity index (χ3v) is 4.61. The zero-order chi connectivity index (χ0) is 18.9. The maximum absolute atomic E-state index is 12.9. The van der Waals surface area contributed by atoms with E-state index in [9.17, 15) is 9.59 Å². The van der Waals surface area contributed by atoms with Crippen molar-refractivity contribution in [2.24, 2.45) is 5.92 Å². The summed E-state index contributed by atoms with van der Waals surface area (Å²) in [5.41, 5.74) is -0.0371. The average molecular weight is 357 g/mol. The number of nitrogens with zero attached hydrogens (tertiary/aromatic N) is 3. The molecule has 0 saturated carbocycles. The van der Waals surface area contributed by atoms with Crippen LogP contribution in [0.2, 0.25) is 0 Å². The van der Waals surface area contributed by atoms with Gasteiger partial charge in [-0.3, -0.25) is 9.69 Å². The van der Waals surface area contributed by atoms with Crippen molar-refractivity contribution in [2.75, 3.05) is 13.2 Å². The Labute approximate surface area is 152 Å². The van der Waals surface area contributed by atoms with E-state index in [-0.39, 0.29) is 35.6 Å². The van der Waals surface area contributed by atoms with Crippen molar-refractivity contribution in [3.63, 3.8) is 0 Å². The molecule has 7 nitrogen and oxygen atoms in total. The molecule has 2 aliphatic heterocycles. The van der Waals surface area contributed by atoms with Crippen LogP contribution < -0.4 is 0 Å². The summed E-state index contributed by atoms with van der Waals surface area (Å²) in [7, 11) is 0. The highest BCUT2D eigenvalue weighted by Crippen LogP contribution is 2.34. The summed E-state index contributed by atoms with van der Waals surface area (Å²) < 4.78 is 11.1. The number of pyridine rings is 1. The highest BCUT2D eigenvalue weighted by atomic mass is 16.6. The van der Waals surface area contributed by atoms with Gasteiger partial charge >= 0.3 is 6.09 Å². The number of ketones is 1. The van der Waals surface area contributed by atoms with Crippen LogP contribution in [0.4, 0.5) is 4.79 Å². The number of piperidine rings is 1. The molecule has 2 unspecified atom stereocenters. The molecule has 2 atom stereocenters. The van der Waals surface area contributed by atoms with E-state index in [0.717, 1.165) is 0 Å². The Kier molecular flexibility index (Phi) is 4.97. The van der Waals surface area contributed by atoms with Crippen LogP contribution in [0.15, 0.2) is 18.2 Å². The summed E-state index contributed by atoms with van der Waals surface area (Å²) >= 11 is 0. The van der Waals surface area contributed by atoms with Gasteiger partial charge in [-0.25, -0.2) is 9.78 Å². The van der Waals surface area contributed by atoms with E-state index in [1.54, 1.807) is 23.1 Å². The van der Waals surface area contributed by atoms with Gasteiger partial charge in [-0.2, -0.15) is 5.26 Å². The normalized spacial score (nSPS) is 25.3. The van der Waals surface area contributed by atoms with Crippen LogP contribution in [0.25, 0.3) is 0 Å². The molecule has 2 aliphatic rings. The second-order valence-corrected chi connectivity index (χ2v) is 7.79. The summed E-state index contributed by atoms with van der Waals surface area (Å²) in [5.74, 6) is -0.322. The lowest BCUT2D eigenvalue weighted by atomic mass is 9.81. The molecule has 1 amide bonds. The molecule has 2 bridgehead atoms. The van der Waals surface area contributed by atoms with E-state index < -0.39 is 5.60 Å². The van der Waals surface area contributed by atoms with Crippen LogP contribution in [0.3, 0.4) is 0 Å². The number of carbonyl (C=O) groups is 2. The van der Waals surface area contributed by atoms with Crippen molar-refractivity contribution in [2.45, 2.75) is 51.3 Å². The Hall–Kier alpha value is -2.46. The van der Waals surface area contributed by atoms with Crippen molar-refractivity contribution in [1.82, 2.24) is 9.88 Å². The number of Topliss-reactive ketones (excluding diaryl/α,β-unsaturated/α-hetero) is 1. The van der Waals surface area contributed by atoms with Gasteiger partial charge in [-0.1, -0.05) is 6.07 Å². The number of amides is 1. The third kappa shape index (κ3) is 3.86. The second kappa shape index (κ2) is 7.04. The van der Waals surface area contributed by atoms with Crippen molar-refractivity contribution >= 4 is 11.9 Å². The fourth-order valence-corrected chi connectivity index (χ4v) is 3.59. The summed E-state index contributed by atoms with van der Waals surface area (Å²) in [6.45, 7) is 6.29. The Balaban J connectivity index is 1.76. The zero-order valence-corrected chi connectivity index (χ0v) is 15.3. The average Bonchev–Trinajstić information content (AvgIpc) is 2.58. The molecule has 138 valence electrons. The van der Waals surface area contributed by atoms with Crippen LogP contribution in [0.1, 0.15) is 49.8 Å². The van der Waals surface area contributed by atoms with Gasteiger partial charge in [-0.05, 0) is 45.7 Å². The van der Waals surface area contributed by atoms with Gasteiger partial charge in [-0.15, -0.1) is 0 Å². The van der Waals surface area contributed by atoms with E-state index in [1.807, 2.05) is 26.8 Å². The number of carbonyl (C=O) groups excluding carboxylic acids is 2. The second-order valence-electron chi connectivity index (χ2n) is 7.79. The summed E-state index contributed by atoms with van der Waals surface area (Å²) in [6.07, 6.45) is 0.659. The number of hydrogen-bond donors (Lipinski definition) is 0.